The Kier molecular flexibility index (Phi) is 5.77. The van der Waals surface area contributed by atoms with Crippen LogP contribution in [0.15, 0.2) is 18.2 Å². The molecule has 1 aliphatic carbocycles. The van der Waals surface area contributed by atoms with Crippen LogP contribution in [0, 0.1) is 11.6 Å². The molecular formula is C17H25F2N3O2. The summed E-state index contributed by atoms with van der Waals surface area (Å²) in [5.41, 5.74) is -1.69. The van der Waals surface area contributed by atoms with Gasteiger partial charge in [-0.15, -0.1) is 0 Å². The molecule has 0 heterocycles. The quantitative estimate of drug-likeness (QED) is 0.767. The van der Waals surface area contributed by atoms with Gasteiger partial charge < -0.3 is 20.6 Å². The predicted octanol–water partition coefficient (Wildman–Crippen LogP) is 1.95. The lowest BCUT2D eigenvalue weighted by Gasteiger charge is -2.25. The third-order valence-corrected chi connectivity index (χ3v) is 4.58. The van der Waals surface area contributed by atoms with Gasteiger partial charge in [0.15, 0.2) is 0 Å². The van der Waals surface area contributed by atoms with Crippen molar-refractivity contribution in [3.8, 4) is 0 Å². The van der Waals surface area contributed by atoms with Gasteiger partial charge in [-0.25, -0.2) is 13.6 Å². The second-order valence-electron chi connectivity index (χ2n) is 6.85. The van der Waals surface area contributed by atoms with Crippen LogP contribution in [-0.2, 0) is 5.60 Å². The van der Waals surface area contributed by atoms with Crippen LogP contribution in [0.25, 0.3) is 0 Å². The molecule has 1 fully saturated rings. The number of aliphatic hydroxyl groups is 1. The maximum Gasteiger partial charge on any atom is 0.315 e. The highest BCUT2D eigenvalue weighted by Gasteiger charge is 2.29. The van der Waals surface area contributed by atoms with Gasteiger partial charge >= 0.3 is 6.03 Å². The molecule has 5 nitrogen and oxygen atoms in total. The Balaban J connectivity index is 1.86. The number of nitrogens with zero attached hydrogens (tertiary/aromatic N) is 1. The van der Waals surface area contributed by atoms with Gasteiger partial charge in [0.1, 0.15) is 17.2 Å². The van der Waals surface area contributed by atoms with Gasteiger partial charge in [0.25, 0.3) is 0 Å². The van der Waals surface area contributed by atoms with Gasteiger partial charge in [-0.2, -0.15) is 0 Å². The third-order valence-electron chi connectivity index (χ3n) is 4.58. The van der Waals surface area contributed by atoms with Crippen LogP contribution in [0.2, 0.25) is 0 Å². The fourth-order valence-electron chi connectivity index (χ4n) is 3.07. The van der Waals surface area contributed by atoms with Crippen molar-refractivity contribution >= 4 is 6.03 Å². The number of amides is 2. The number of halogens is 2. The molecule has 1 aromatic carbocycles. The topological polar surface area (TPSA) is 64.6 Å². The first-order valence-corrected chi connectivity index (χ1v) is 8.08. The van der Waals surface area contributed by atoms with E-state index < -0.39 is 23.3 Å². The minimum absolute atomic E-state index is 0.0576. The Labute approximate surface area is 141 Å². The normalized spacial score (nSPS) is 23.1. The molecule has 1 saturated carbocycles. The molecule has 24 heavy (non-hydrogen) atoms. The predicted molar refractivity (Wildman–Crippen MR) is 87.6 cm³/mol. The first-order valence-electron chi connectivity index (χ1n) is 8.08. The van der Waals surface area contributed by atoms with Crippen molar-refractivity contribution in [2.24, 2.45) is 0 Å². The van der Waals surface area contributed by atoms with Gasteiger partial charge in [0.2, 0.25) is 0 Å². The zero-order valence-corrected chi connectivity index (χ0v) is 14.3. The van der Waals surface area contributed by atoms with E-state index in [0.717, 1.165) is 25.3 Å². The maximum atomic E-state index is 13.8. The van der Waals surface area contributed by atoms with E-state index >= 15 is 0 Å². The number of rotatable bonds is 5. The number of urea groups is 1. The summed E-state index contributed by atoms with van der Waals surface area (Å²) in [4.78, 5) is 14.1. The van der Waals surface area contributed by atoms with E-state index in [1.807, 2.05) is 14.1 Å². The molecule has 0 aromatic heterocycles. The highest BCUT2D eigenvalue weighted by atomic mass is 19.1. The van der Waals surface area contributed by atoms with E-state index in [0.29, 0.717) is 12.1 Å². The molecule has 3 atom stereocenters. The third kappa shape index (κ3) is 4.64. The molecular weight excluding hydrogens is 316 g/mol. The van der Waals surface area contributed by atoms with Crippen LogP contribution in [0.3, 0.4) is 0 Å². The van der Waals surface area contributed by atoms with Crippen LogP contribution >= 0.6 is 0 Å². The lowest BCUT2D eigenvalue weighted by molar-refractivity contribution is 0.0554. The molecule has 0 radical (unpaired) electrons. The van der Waals surface area contributed by atoms with Gasteiger partial charge in [-0.05, 0) is 46.3 Å². The van der Waals surface area contributed by atoms with Crippen molar-refractivity contribution in [3.05, 3.63) is 35.4 Å². The van der Waals surface area contributed by atoms with E-state index in [9.17, 15) is 18.7 Å². The molecule has 2 rings (SSSR count). The highest BCUT2D eigenvalue weighted by Crippen LogP contribution is 2.24. The van der Waals surface area contributed by atoms with Gasteiger partial charge in [0.05, 0.1) is 6.54 Å². The Bertz CT molecular complexity index is 593. The maximum absolute atomic E-state index is 13.8. The second-order valence-corrected chi connectivity index (χ2v) is 6.85. The van der Waals surface area contributed by atoms with Crippen molar-refractivity contribution in [1.29, 1.82) is 0 Å². The number of benzene rings is 1. The molecule has 0 saturated heterocycles. The lowest BCUT2D eigenvalue weighted by Crippen LogP contribution is -2.46. The minimum atomic E-state index is -1.63. The molecule has 7 heteroatoms. The largest absolute Gasteiger partial charge is 0.383 e. The minimum Gasteiger partial charge on any atom is -0.383 e. The summed E-state index contributed by atoms with van der Waals surface area (Å²) in [6, 6.07) is 3.11. The number of nitrogens with one attached hydrogen (secondary N) is 2. The summed E-state index contributed by atoms with van der Waals surface area (Å²) in [5, 5.41) is 15.8. The zero-order chi connectivity index (χ0) is 17.9. The smallest absolute Gasteiger partial charge is 0.315 e. The summed E-state index contributed by atoms with van der Waals surface area (Å²) in [6.45, 7) is 1.20. The number of carbonyl (C=O) groups is 1. The Morgan fingerprint density at radius 2 is 2.08 bits per heavy atom. The molecule has 3 N–H and O–H groups in total. The summed E-state index contributed by atoms with van der Waals surface area (Å²) in [5.74, 6) is -1.55. The van der Waals surface area contributed by atoms with Crippen molar-refractivity contribution < 1.29 is 18.7 Å². The molecule has 3 unspecified atom stereocenters. The Morgan fingerprint density at radius 1 is 1.38 bits per heavy atom. The van der Waals surface area contributed by atoms with Crippen molar-refractivity contribution in [3.63, 3.8) is 0 Å². The second kappa shape index (κ2) is 7.44. The van der Waals surface area contributed by atoms with Crippen molar-refractivity contribution in [2.45, 2.75) is 43.9 Å². The SMILES string of the molecule is CN(C)C1CCC(NC(=O)NCC(C)(O)c2ccc(F)cc2F)C1. The van der Waals surface area contributed by atoms with Crippen LogP contribution in [0.5, 0.6) is 0 Å². The monoisotopic (exact) mass is 341 g/mol. The summed E-state index contributed by atoms with van der Waals surface area (Å²) in [6.07, 6.45) is 2.80. The molecule has 1 aromatic rings. The molecule has 134 valence electrons. The van der Waals surface area contributed by atoms with E-state index in [1.165, 1.54) is 13.0 Å². The summed E-state index contributed by atoms with van der Waals surface area (Å²) in [7, 11) is 4.03. The van der Waals surface area contributed by atoms with Crippen LogP contribution < -0.4 is 10.6 Å². The average molecular weight is 341 g/mol. The fraction of sp³-hybridized carbons (Fsp3) is 0.588. The van der Waals surface area contributed by atoms with Crippen LogP contribution in [0.4, 0.5) is 13.6 Å². The van der Waals surface area contributed by atoms with E-state index in [4.69, 9.17) is 0 Å². The first-order chi connectivity index (χ1) is 11.2. The van der Waals surface area contributed by atoms with Crippen LogP contribution in [0.1, 0.15) is 31.7 Å². The van der Waals surface area contributed by atoms with Gasteiger partial charge in [0, 0.05) is 23.7 Å². The number of hydrogen-bond acceptors (Lipinski definition) is 3. The standard InChI is InChI=1S/C17H25F2N3O2/c1-17(24,14-7-4-11(18)8-15(14)19)10-20-16(23)21-12-5-6-13(9-12)22(2)3/h4,7-8,12-13,24H,5-6,9-10H2,1-3H3,(H2,20,21,23). The molecule has 1 aliphatic rings. The molecule has 0 aliphatic heterocycles. The van der Waals surface area contributed by atoms with E-state index in [1.54, 1.807) is 0 Å². The fourth-order valence-corrected chi connectivity index (χ4v) is 3.07. The first kappa shape index (κ1) is 18.6. The van der Waals surface area contributed by atoms with Crippen LogP contribution in [-0.4, -0.2) is 48.8 Å². The van der Waals surface area contributed by atoms with E-state index in [-0.39, 0.29) is 18.2 Å². The van der Waals surface area contributed by atoms with Gasteiger partial charge in [-0.1, -0.05) is 6.07 Å². The van der Waals surface area contributed by atoms with E-state index in [2.05, 4.69) is 15.5 Å². The van der Waals surface area contributed by atoms with Gasteiger partial charge in [-0.3, -0.25) is 0 Å². The Morgan fingerprint density at radius 3 is 2.67 bits per heavy atom. The van der Waals surface area contributed by atoms with Crippen molar-refractivity contribution in [2.75, 3.05) is 20.6 Å². The zero-order valence-electron chi connectivity index (χ0n) is 14.3. The summed E-state index contributed by atoms with van der Waals surface area (Å²) < 4.78 is 26.7. The molecule has 2 amide bonds. The van der Waals surface area contributed by atoms with Crippen molar-refractivity contribution in [1.82, 2.24) is 15.5 Å². The molecule has 0 spiro atoms. The number of carbonyl (C=O) groups excluding carboxylic acids is 1. The average Bonchev–Trinajstić information content (AvgIpc) is 2.93. The Hall–Kier alpha value is -1.73. The lowest BCUT2D eigenvalue weighted by atomic mass is 9.95. The highest BCUT2D eigenvalue weighted by molar-refractivity contribution is 5.74. The number of hydrogen-bond donors (Lipinski definition) is 3. The summed E-state index contributed by atoms with van der Waals surface area (Å²) >= 11 is 0. The molecule has 0 bridgehead atoms.